The first kappa shape index (κ1) is 23.2. The molecule has 0 aliphatic carbocycles. The molecule has 0 radical (unpaired) electrons. The third-order valence-electron chi connectivity index (χ3n) is 7.07. The highest BCUT2D eigenvalue weighted by Gasteiger charge is 2.24. The number of rotatable bonds is 7. The minimum atomic E-state index is -0.962. The van der Waals surface area contributed by atoms with E-state index in [1.807, 2.05) is 30.3 Å². The Bertz CT molecular complexity index is 1130. The van der Waals surface area contributed by atoms with Gasteiger partial charge in [-0.3, -0.25) is 9.80 Å². The van der Waals surface area contributed by atoms with Crippen molar-refractivity contribution in [3.63, 3.8) is 0 Å². The molecule has 0 spiro atoms. The fraction of sp³-hybridized carbons (Fsp3) is 0.423. The molecule has 5 rings (SSSR count). The molecule has 0 saturated carbocycles. The molecule has 7 nitrogen and oxygen atoms in total. The number of ether oxygens (including phenoxy) is 1. The molecule has 2 fully saturated rings. The lowest BCUT2D eigenvalue weighted by atomic mass is 10.0. The molecule has 0 amide bonds. The maximum Gasteiger partial charge on any atom is 0.337 e. The van der Waals surface area contributed by atoms with E-state index in [4.69, 9.17) is 16.3 Å². The van der Waals surface area contributed by atoms with Crippen molar-refractivity contribution in [2.75, 3.05) is 52.4 Å². The molecular formula is C26H31ClN4O3. The lowest BCUT2D eigenvalue weighted by molar-refractivity contribution is 0.0699. The van der Waals surface area contributed by atoms with Crippen LogP contribution < -0.4 is 10.1 Å². The molecule has 2 saturated heterocycles. The number of carboxylic acids is 1. The fourth-order valence-electron chi connectivity index (χ4n) is 5.09. The Hall–Kier alpha value is -2.58. The van der Waals surface area contributed by atoms with E-state index in [1.165, 1.54) is 19.0 Å². The number of hydrogen-bond acceptors (Lipinski definition) is 5. The molecule has 3 N–H and O–H groups in total. The monoisotopic (exact) mass is 482 g/mol. The lowest BCUT2D eigenvalue weighted by Gasteiger charge is -2.40. The highest BCUT2D eigenvalue weighted by Crippen LogP contribution is 2.34. The van der Waals surface area contributed by atoms with Crippen molar-refractivity contribution in [3.05, 3.63) is 53.2 Å². The maximum atomic E-state index is 11.5. The van der Waals surface area contributed by atoms with Crippen molar-refractivity contribution in [2.24, 2.45) is 0 Å². The number of nitrogens with zero attached hydrogens (tertiary/aromatic N) is 2. The second-order valence-corrected chi connectivity index (χ2v) is 9.52. The van der Waals surface area contributed by atoms with Gasteiger partial charge < -0.3 is 20.1 Å². The zero-order valence-corrected chi connectivity index (χ0v) is 20.0. The second kappa shape index (κ2) is 10.4. The van der Waals surface area contributed by atoms with Crippen LogP contribution in [0.2, 0.25) is 5.02 Å². The Morgan fingerprint density at radius 3 is 2.53 bits per heavy atom. The highest BCUT2D eigenvalue weighted by atomic mass is 35.5. The van der Waals surface area contributed by atoms with Crippen molar-refractivity contribution in [1.82, 2.24) is 20.1 Å². The summed E-state index contributed by atoms with van der Waals surface area (Å²) in [5.41, 5.74) is 2.67. The van der Waals surface area contributed by atoms with Gasteiger partial charge in [-0.15, -0.1) is 0 Å². The number of aromatic carboxylic acids is 1. The number of piperazine rings is 1. The van der Waals surface area contributed by atoms with Crippen LogP contribution in [0.4, 0.5) is 0 Å². The number of H-pyrrole nitrogens is 1. The Morgan fingerprint density at radius 1 is 1.09 bits per heavy atom. The first-order valence-electron chi connectivity index (χ1n) is 12.0. The van der Waals surface area contributed by atoms with Crippen molar-refractivity contribution in [3.8, 4) is 16.9 Å². The van der Waals surface area contributed by atoms with Gasteiger partial charge in [0, 0.05) is 61.4 Å². The predicted octanol–water partition coefficient (Wildman–Crippen LogP) is 3.93. The average molecular weight is 483 g/mol. The van der Waals surface area contributed by atoms with E-state index in [2.05, 4.69) is 20.1 Å². The van der Waals surface area contributed by atoms with Crippen LogP contribution in [0.3, 0.4) is 0 Å². The number of hydrogen-bond donors (Lipinski definition) is 3. The van der Waals surface area contributed by atoms with E-state index in [0.717, 1.165) is 68.7 Å². The Labute approximate surface area is 204 Å². The van der Waals surface area contributed by atoms with E-state index in [-0.39, 0.29) is 5.56 Å². The molecule has 3 heterocycles. The number of aromatic nitrogens is 1. The SMILES string of the molecule is O=C(O)c1c[nH]c2cc(Cl)c(-c3ccc(OCCN4CCN(C5CCNCC5)CC4)cc3)cc12. The third-order valence-corrected chi connectivity index (χ3v) is 7.39. The standard InChI is InChI=1S/C26H31ClN4O3/c27-24-16-25-22(23(17-29-25)26(32)33)15-21(24)18-1-3-20(4-2-18)34-14-13-30-9-11-31(12-10-30)19-5-7-28-8-6-19/h1-4,15-17,19,28-29H,5-14H2,(H,32,33). The van der Waals surface area contributed by atoms with Crippen molar-refractivity contribution >= 4 is 28.5 Å². The summed E-state index contributed by atoms with van der Waals surface area (Å²) < 4.78 is 6.00. The van der Waals surface area contributed by atoms with Crippen molar-refractivity contribution in [1.29, 1.82) is 0 Å². The number of carbonyl (C=O) groups is 1. The summed E-state index contributed by atoms with van der Waals surface area (Å²) in [7, 11) is 0. The predicted molar refractivity (Wildman–Crippen MR) is 135 cm³/mol. The maximum absolute atomic E-state index is 11.5. The van der Waals surface area contributed by atoms with E-state index >= 15 is 0 Å². The van der Waals surface area contributed by atoms with E-state index in [9.17, 15) is 9.90 Å². The molecule has 0 unspecified atom stereocenters. The number of benzene rings is 2. The van der Waals surface area contributed by atoms with Gasteiger partial charge in [-0.05, 0) is 55.8 Å². The lowest BCUT2D eigenvalue weighted by Crippen LogP contribution is -2.53. The Kier molecular flexibility index (Phi) is 7.06. The molecule has 34 heavy (non-hydrogen) atoms. The van der Waals surface area contributed by atoms with Crippen LogP contribution in [-0.4, -0.2) is 84.3 Å². The first-order chi connectivity index (χ1) is 16.6. The quantitative estimate of drug-likeness (QED) is 0.473. The summed E-state index contributed by atoms with van der Waals surface area (Å²) in [4.78, 5) is 19.6. The summed E-state index contributed by atoms with van der Waals surface area (Å²) >= 11 is 6.49. The molecule has 1 aromatic heterocycles. The van der Waals surface area contributed by atoms with Gasteiger partial charge in [0.2, 0.25) is 0 Å². The van der Waals surface area contributed by atoms with Gasteiger partial charge in [-0.2, -0.15) is 0 Å². The van der Waals surface area contributed by atoms with E-state index in [0.29, 0.717) is 22.5 Å². The van der Waals surface area contributed by atoms with Crippen LogP contribution in [0, 0.1) is 0 Å². The topological polar surface area (TPSA) is 80.8 Å². The van der Waals surface area contributed by atoms with Crippen LogP contribution in [0.15, 0.2) is 42.6 Å². The summed E-state index contributed by atoms with van der Waals surface area (Å²) in [5, 5.41) is 14.1. The molecule has 2 aliphatic heterocycles. The van der Waals surface area contributed by atoms with Gasteiger partial charge in [0.15, 0.2) is 0 Å². The zero-order chi connectivity index (χ0) is 23.5. The van der Waals surface area contributed by atoms with E-state index < -0.39 is 5.97 Å². The number of nitrogens with one attached hydrogen (secondary N) is 2. The largest absolute Gasteiger partial charge is 0.492 e. The van der Waals surface area contributed by atoms with Crippen molar-refractivity contribution < 1.29 is 14.6 Å². The van der Waals surface area contributed by atoms with Crippen LogP contribution >= 0.6 is 11.6 Å². The first-order valence-corrected chi connectivity index (χ1v) is 12.4. The number of aromatic amines is 1. The molecule has 0 bridgehead atoms. The molecule has 2 aromatic carbocycles. The van der Waals surface area contributed by atoms with Crippen LogP contribution in [0.25, 0.3) is 22.0 Å². The number of carboxylic acid groups (broad SMARTS) is 1. The summed E-state index contributed by atoms with van der Waals surface area (Å²) in [6, 6.07) is 12.2. The van der Waals surface area contributed by atoms with Gasteiger partial charge >= 0.3 is 5.97 Å². The van der Waals surface area contributed by atoms with Gasteiger partial charge in [0.1, 0.15) is 12.4 Å². The number of fused-ring (bicyclic) bond motifs is 1. The zero-order valence-electron chi connectivity index (χ0n) is 19.2. The Morgan fingerprint density at radius 2 is 1.82 bits per heavy atom. The number of halogens is 1. The van der Waals surface area contributed by atoms with Gasteiger partial charge in [0.25, 0.3) is 0 Å². The molecular weight excluding hydrogens is 452 g/mol. The van der Waals surface area contributed by atoms with Gasteiger partial charge in [-0.1, -0.05) is 23.7 Å². The second-order valence-electron chi connectivity index (χ2n) is 9.12. The molecule has 3 aromatic rings. The summed E-state index contributed by atoms with van der Waals surface area (Å²) in [5.74, 6) is -0.141. The minimum Gasteiger partial charge on any atom is -0.492 e. The minimum absolute atomic E-state index is 0.240. The number of piperidine rings is 1. The van der Waals surface area contributed by atoms with Gasteiger partial charge in [-0.25, -0.2) is 4.79 Å². The van der Waals surface area contributed by atoms with Crippen molar-refractivity contribution in [2.45, 2.75) is 18.9 Å². The third kappa shape index (κ3) is 5.08. The molecule has 0 atom stereocenters. The molecule has 180 valence electrons. The fourth-order valence-corrected chi connectivity index (χ4v) is 5.36. The normalized spacial score (nSPS) is 18.4. The molecule has 2 aliphatic rings. The van der Waals surface area contributed by atoms with Crippen LogP contribution in [-0.2, 0) is 0 Å². The summed E-state index contributed by atoms with van der Waals surface area (Å²) in [6.07, 6.45) is 4.03. The smallest absolute Gasteiger partial charge is 0.337 e. The van der Waals surface area contributed by atoms with Gasteiger partial charge in [0.05, 0.1) is 10.6 Å². The van der Waals surface area contributed by atoms with E-state index in [1.54, 1.807) is 6.07 Å². The molecule has 8 heteroatoms. The average Bonchev–Trinajstić information content (AvgIpc) is 3.28. The Balaban J connectivity index is 1.14. The summed E-state index contributed by atoms with van der Waals surface area (Å²) in [6.45, 7) is 8.38. The van der Waals surface area contributed by atoms with Crippen LogP contribution in [0.1, 0.15) is 23.2 Å². The highest BCUT2D eigenvalue weighted by molar-refractivity contribution is 6.34. The van der Waals surface area contributed by atoms with Crippen LogP contribution in [0.5, 0.6) is 5.75 Å².